The SMILES string of the molecule is CC1=C(C(=O)Nc2ccccc2)[C@@H](c2ccccc2Br)NC(=S)N1. The van der Waals surface area contributed by atoms with Crippen LogP contribution in [0, 0.1) is 0 Å². The number of hydrogen-bond donors (Lipinski definition) is 3. The largest absolute Gasteiger partial charge is 0.351 e. The van der Waals surface area contributed by atoms with Gasteiger partial charge in [0, 0.05) is 15.9 Å². The summed E-state index contributed by atoms with van der Waals surface area (Å²) in [6.45, 7) is 1.86. The molecule has 2 aromatic rings. The Morgan fingerprint density at radius 2 is 1.79 bits per heavy atom. The van der Waals surface area contributed by atoms with Crippen LogP contribution >= 0.6 is 28.1 Å². The van der Waals surface area contributed by atoms with Crippen LogP contribution in [0.5, 0.6) is 0 Å². The summed E-state index contributed by atoms with van der Waals surface area (Å²) in [6, 6.07) is 16.9. The molecule has 0 aromatic heterocycles. The molecule has 3 rings (SSSR count). The van der Waals surface area contributed by atoms with Crippen LogP contribution < -0.4 is 16.0 Å². The van der Waals surface area contributed by atoms with Crippen molar-refractivity contribution in [3.8, 4) is 0 Å². The van der Waals surface area contributed by atoms with E-state index in [0.29, 0.717) is 10.7 Å². The predicted octanol–water partition coefficient (Wildman–Crippen LogP) is 3.88. The lowest BCUT2D eigenvalue weighted by Crippen LogP contribution is -2.45. The average molecular weight is 402 g/mol. The van der Waals surface area contributed by atoms with Crippen LogP contribution in [0.1, 0.15) is 18.5 Å². The Morgan fingerprint density at radius 1 is 1.12 bits per heavy atom. The van der Waals surface area contributed by atoms with E-state index in [1.165, 1.54) is 0 Å². The van der Waals surface area contributed by atoms with Crippen LogP contribution in [0.3, 0.4) is 0 Å². The summed E-state index contributed by atoms with van der Waals surface area (Å²) in [5.41, 5.74) is 3.06. The number of thiocarbonyl (C=S) groups is 1. The van der Waals surface area contributed by atoms with Gasteiger partial charge < -0.3 is 16.0 Å². The minimum absolute atomic E-state index is 0.165. The maximum Gasteiger partial charge on any atom is 0.255 e. The number of anilines is 1. The van der Waals surface area contributed by atoms with Gasteiger partial charge in [0.1, 0.15) is 0 Å². The number of hydrogen-bond acceptors (Lipinski definition) is 2. The molecule has 24 heavy (non-hydrogen) atoms. The molecule has 1 aliphatic rings. The summed E-state index contributed by atoms with van der Waals surface area (Å²) < 4.78 is 0.921. The van der Waals surface area contributed by atoms with Crippen LogP contribution in [0.4, 0.5) is 5.69 Å². The number of rotatable bonds is 3. The van der Waals surface area contributed by atoms with Gasteiger partial charge in [-0.05, 0) is 42.9 Å². The van der Waals surface area contributed by atoms with Crippen molar-refractivity contribution in [2.45, 2.75) is 13.0 Å². The fourth-order valence-corrected chi connectivity index (χ4v) is 3.44. The second kappa shape index (κ2) is 7.15. The molecule has 122 valence electrons. The number of carbonyl (C=O) groups is 1. The first-order valence-electron chi connectivity index (χ1n) is 7.45. The van der Waals surface area contributed by atoms with Crippen LogP contribution in [-0.4, -0.2) is 11.0 Å². The summed E-state index contributed by atoms with van der Waals surface area (Å²) in [7, 11) is 0. The van der Waals surface area contributed by atoms with Crippen molar-refractivity contribution < 1.29 is 4.79 Å². The predicted molar refractivity (Wildman–Crippen MR) is 104 cm³/mol. The van der Waals surface area contributed by atoms with Crippen molar-refractivity contribution in [2.75, 3.05) is 5.32 Å². The van der Waals surface area contributed by atoms with E-state index in [-0.39, 0.29) is 11.9 Å². The molecule has 1 atom stereocenters. The van der Waals surface area contributed by atoms with Crippen LogP contribution in [0.25, 0.3) is 0 Å². The van der Waals surface area contributed by atoms with Crippen molar-refractivity contribution in [2.24, 2.45) is 0 Å². The maximum atomic E-state index is 12.9. The van der Waals surface area contributed by atoms with Gasteiger partial charge in [0.15, 0.2) is 5.11 Å². The second-order valence-electron chi connectivity index (χ2n) is 5.41. The number of para-hydroxylation sites is 1. The molecule has 6 heteroatoms. The fraction of sp³-hybridized carbons (Fsp3) is 0.111. The first-order chi connectivity index (χ1) is 11.6. The smallest absolute Gasteiger partial charge is 0.255 e. The Hall–Kier alpha value is -2.18. The van der Waals surface area contributed by atoms with Gasteiger partial charge in [-0.25, -0.2) is 0 Å². The molecule has 1 amide bonds. The Kier molecular flexibility index (Phi) is 4.97. The lowest BCUT2D eigenvalue weighted by Gasteiger charge is -2.31. The number of benzene rings is 2. The Balaban J connectivity index is 1.98. The van der Waals surface area contributed by atoms with Gasteiger partial charge in [0.2, 0.25) is 0 Å². The molecule has 1 heterocycles. The normalized spacial score (nSPS) is 17.1. The number of allylic oxidation sites excluding steroid dienone is 1. The number of halogens is 1. The highest BCUT2D eigenvalue weighted by Crippen LogP contribution is 2.32. The summed E-state index contributed by atoms with van der Waals surface area (Å²) in [6.07, 6.45) is 0. The molecular weight excluding hydrogens is 386 g/mol. The van der Waals surface area contributed by atoms with E-state index in [2.05, 4.69) is 31.9 Å². The maximum absolute atomic E-state index is 12.9. The summed E-state index contributed by atoms with van der Waals surface area (Å²) in [5, 5.41) is 9.68. The molecule has 0 aliphatic carbocycles. The number of amides is 1. The number of nitrogens with one attached hydrogen (secondary N) is 3. The van der Waals surface area contributed by atoms with E-state index in [1.54, 1.807) is 0 Å². The highest BCUT2D eigenvalue weighted by atomic mass is 79.9. The fourth-order valence-electron chi connectivity index (χ4n) is 2.66. The second-order valence-corrected chi connectivity index (χ2v) is 6.67. The molecule has 0 bridgehead atoms. The van der Waals surface area contributed by atoms with Crippen molar-refractivity contribution in [1.29, 1.82) is 0 Å². The van der Waals surface area contributed by atoms with Gasteiger partial charge in [-0.2, -0.15) is 0 Å². The van der Waals surface area contributed by atoms with Crippen LogP contribution in [0.15, 0.2) is 70.3 Å². The molecule has 1 aliphatic heterocycles. The number of carbonyl (C=O) groups excluding carboxylic acids is 1. The van der Waals surface area contributed by atoms with E-state index in [9.17, 15) is 4.79 Å². The first kappa shape index (κ1) is 16.7. The minimum Gasteiger partial charge on any atom is -0.351 e. The Bertz CT molecular complexity index is 820. The average Bonchev–Trinajstić information content (AvgIpc) is 2.55. The van der Waals surface area contributed by atoms with E-state index >= 15 is 0 Å². The summed E-state index contributed by atoms with van der Waals surface area (Å²) in [5.74, 6) is -0.165. The zero-order chi connectivity index (χ0) is 17.1. The third kappa shape index (κ3) is 3.49. The van der Waals surface area contributed by atoms with Gasteiger partial charge in [-0.1, -0.05) is 52.3 Å². The highest BCUT2D eigenvalue weighted by Gasteiger charge is 2.30. The lowest BCUT2D eigenvalue weighted by atomic mass is 9.95. The van der Waals surface area contributed by atoms with Gasteiger partial charge in [0.25, 0.3) is 5.91 Å². The quantitative estimate of drug-likeness (QED) is 0.683. The van der Waals surface area contributed by atoms with Crippen molar-refractivity contribution in [3.05, 3.63) is 75.9 Å². The van der Waals surface area contributed by atoms with E-state index in [1.807, 2.05) is 61.5 Å². The monoisotopic (exact) mass is 401 g/mol. The molecule has 0 spiro atoms. The highest BCUT2D eigenvalue weighted by molar-refractivity contribution is 9.10. The minimum atomic E-state index is -0.321. The lowest BCUT2D eigenvalue weighted by molar-refractivity contribution is -0.113. The van der Waals surface area contributed by atoms with Gasteiger partial charge in [0.05, 0.1) is 11.6 Å². The van der Waals surface area contributed by atoms with Gasteiger partial charge >= 0.3 is 0 Å². The molecule has 2 aromatic carbocycles. The van der Waals surface area contributed by atoms with E-state index in [4.69, 9.17) is 12.2 Å². The molecule has 0 unspecified atom stereocenters. The van der Waals surface area contributed by atoms with E-state index < -0.39 is 0 Å². The zero-order valence-corrected chi connectivity index (χ0v) is 15.4. The molecule has 3 N–H and O–H groups in total. The molecular formula is C18H16BrN3OS. The molecule has 4 nitrogen and oxygen atoms in total. The van der Waals surface area contributed by atoms with Gasteiger partial charge in [-0.15, -0.1) is 0 Å². The van der Waals surface area contributed by atoms with Crippen molar-refractivity contribution in [3.63, 3.8) is 0 Å². The van der Waals surface area contributed by atoms with Gasteiger partial charge in [-0.3, -0.25) is 4.79 Å². The molecule has 0 radical (unpaired) electrons. The summed E-state index contributed by atoms with van der Waals surface area (Å²) in [4.78, 5) is 12.9. The third-order valence-corrected chi connectivity index (χ3v) is 4.70. The standard InChI is InChI=1S/C18H16BrN3OS/c1-11-15(17(23)21-12-7-3-2-4-8-12)16(22-18(24)20-11)13-9-5-6-10-14(13)19/h2-10,16H,1H3,(H,21,23)(H2,20,22,24)/t16-/m1/s1. The molecule has 0 fully saturated rings. The Morgan fingerprint density at radius 3 is 2.50 bits per heavy atom. The van der Waals surface area contributed by atoms with Crippen LogP contribution in [0.2, 0.25) is 0 Å². The molecule has 0 saturated carbocycles. The topological polar surface area (TPSA) is 53.2 Å². The zero-order valence-electron chi connectivity index (χ0n) is 13.0. The first-order valence-corrected chi connectivity index (χ1v) is 8.65. The Labute approximate surface area is 154 Å². The van der Waals surface area contributed by atoms with Crippen molar-refractivity contribution >= 4 is 44.9 Å². The van der Waals surface area contributed by atoms with Crippen molar-refractivity contribution in [1.82, 2.24) is 10.6 Å². The summed E-state index contributed by atoms with van der Waals surface area (Å²) >= 11 is 8.83. The third-order valence-electron chi connectivity index (χ3n) is 3.76. The van der Waals surface area contributed by atoms with Crippen LogP contribution in [-0.2, 0) is 4.79 Å². The van der Waals surface area contributed by atoms with E-state index in [0.717, 1.165) is 21.4 Å². The molecule has 0 saturated heterocycles.